The lowest BCUT2D eigenvalue weighted by Crippen LogP contribution is -2.28. The molecule has 0 heterocycles. The summed E-state index contributed by atoms with van der Waals surface area (Å²) in [6, 6.07) is 0. The van der Waals surface area contributed by atoms with Crippen molar-refractivity contribution in [2.24, 2.45) is 5.92 Å². The van der Waals surface area contributed by atoms with E-state index in [9.17, 15) is 10.2 Å². The van der Waals surface area contributed by atoms with Crippen molar-refractivity contribution < 1.29 is 20.4 Å². The summed E-state index contributed by atoms with van der Waals surface area (Å²) in [6.45, 7) is 1.85. The maximum Gasteiger partial charge on any atom is 0.0802 e. The maximum atomic E-state index is 9.40. The fourth-order valence-corrected chi connectivity index (χ4v) is 1.14. The molecule has 0 aromatic carbocycles. The van der Waals surface area contributed by atoms with Crippen LogP contribution in [-0.2, 0) is 0 Å². The molecule has 4 heteroatoms. The largest absolute Gasteiger partial charge is 0.396 e. The third-order valence-electron chi connectivity index (χ3n) is 2.06. The molecule has 0 aliphatic heterocycles. The van der Waals surface area contributed by atoms with Crippen LogP contribution < -0.4 is 0 Å². The second kappa shape index (κ2) is 7.26. The van der Waals surface area contributed by atoms with Crippen molar-refractivity contribution in [3.05, 3.63) is 0 Å². The molecule has 0 aromatic heterocycles. The monoisotopic (exact) mass is 192 g/mol. The van der Waals surface area contributed by atoms with E-state index in [1.54, 1.807) is 0 Å². The molecular weight excluding hydrogens is 172 g/mol. The molecule has 0 saturated carbocycles. The highest BCUT2D eigenvalue weighted by molar-refractivity contribution is 4.69. The van der Waals surface area contributed by atoms with E-state index in [0.717, 1.165) is 0 Å². The zero-order valence-corrected chi connectivity index (χ0v) is 8.06. The highest BCUT2D eigenvalue weighted by Crippen LogP contribution is 2.11. The van der Waals surface area contributed by atoms with Crippen LogP contribution in [0.4, 0.5) is 0 Å². The minimum absolute atomic E-state index is 0.00113. The Bertz CT molecular complexity index is 118. The standard InChI is InChI=1S/C9H20O4/c1-7(6-11)5-9(13)8(12)3-2-4-10/h7-13H,2-6H2,1H3. The molecular formula is C9H20O4. The van der Waals surface area contributed by atoms with Crippen LogP contribution in [0.3, 0.4) is 0 Å². The molecule has 0 rings (SSSR count). The topological polar surface area (TPSA) is 80.9 Å². The van der Waals surface area contributed by atoms with Crippen molar-refractivity contribution in [3.8, 4) is 0 Å². The van der Waals surface area contributed by atoms with Crippen molar-refractivity contribution in [1.29, 1.82) is 0 Å². The van der Waals surface area contributed by atoms with Crippen LogP contribution >= 0.6 is 0 Å². The first-order valence-corrected chi connectivity index (χ1v) is 4.69. The number of aliphatic hydroxyl groups is 4. The van der Waals surface area contributed by atoms with Crippen LogP contribution in [0.15, 0.2) is 0 Å². The normalized spacial score (nSPS) is 18.2. The van der Waals surface area contributed by atoms with Crippen LogP contribution in [0.1, 0.15) is 26.2 Å². The van der Waals surface area contributed by atoms with Gasteiger partial charge < -0.3 is 20.4 Å². The molecule has 0 saturated heterocycles. The fraction of sp³-hybridized carbons (Fsp3) is 1.00. The van der Waals surface area contributed by atoms with Gasteiger partial charge in [-0.05, 0) is 25.2 Å². The van der Waals surface area contributed by atoms with Crippen LogP contribution in [0.5, 0.6) is 0 Å². The molecule has 3 atom stereocenters. The lowest BCUT2D eigenvalue weighted by Gasteiger charge is -2.19. The van der Waals surface area contributed by atoms with Gasteiger partial charge in [-0.1, -0.05) is 6.92 Å². The molecule has 0 amide bonds. The predicted molar refractivity (Wildman–Crippen MR) is 49.2 cm³/mol. The predicted octanol–water partition coefficient (Wildman–Crippen LogP) is -0.501. The third-order valence-corrected chi connectivity index (χ3v) is 2.06. The molecule has 4 nitrogen and oxygen atoms in total. The van der Waals surface area contributed by atoms with Gasteiger partial charge in [0, 0.05) is 13.2 Å². The quantitative estimate of drug-likeness (QED) is 0.438. The Hall–Kier alpha value is -0.160. The zero-order chi connectivity index (χ0) is 10.3. The smallest absolute Gasteiger partial charge is 0.0802 e. The summed E-state index contributed by atoms with van der Waals surface area (Å²) in [6.07, 6.45) is -0.306. The SMILES string of the molecule is CC(CO)CC(O)C(O)CCCO. The molecule has 0 aliphatic carbocycles. The van der Waals surface area contributed by atoms with Crippen LogP contribution in [0, 0.1) is 5.92 Å². The van der Waals surface area contributed by atoms with Gasteiger partial charge in [-0.25, -0.2) is 0 Å². The lowest BCUT2D eigenvalue weighted by molar-refractivity contribution is -0.00550. The summed E-state index contributed by atoms with van der Waals surface area (Å²) in [5.41, 5.74) is 0. The molecule has 0 bridgehead atoms. The molecule has 13 heavy (non-hydrogen) atoms. The molecule has 4 N–H and O–H groups in total. The van der Waals surface area contributed by atoms with Gasteiger partial charge in [0.2, 0.25) is 0 Å². The van der Waals surface area contributed by atoms with Crippen molar-refractivity contribution in [1.82, 2.24) is 0 Å². The maximum absolute atomic E-state index is 9.40. The minimum atomic E-state index is -0.798. The van der Waals surface area contributed by atoms with E-state index < -0.39 is 12.2 Å². The van der Waals surface area contributed by atoms with Gasteiger partial charge in [0.15, 0.2) is 0 Å². The molecule has 0 aromatic rings. The van der Waals surface area contributed by atoms with E-state index in [4.69, 9.17) is 10.2 Å². The van der Waals surface area contributed by atoms with Gasteiger partial charge in [-0.15, -0.1) is 0 Å². The summed E-state index contributed by atoms with van der Waals surface area (Å²) in [5.74, 6) is -0.00113. The molecule has 0 spiro atoms. The fourth-order valence-electron chi connectivity index (χ4n) is 1.14. The average Bonchev–Trinajstić information content (AvgIpc) is 2.13. The Kier molecular flexibility index (Phi) is 7.17. The first-order valence-electron chi connectivity index (χ1n) is 4.69. The Morgan fingerprint density at radius 1 is 1.08 bits per heavy atom. The van der Waals surface area contributed by atoms with Gasteiger partial charge >= 0.3 is 0 Å². The lowest BCUT2D eigenvalue weighted by atomic mass is 9.98. The van der Waals surface area contributed by atoms with Gasteiger partial charge in [0.1, 0.15) is 0 Å². The molecule has 0 aliphatic rings. The average molecular weight is 192 g/mol. The van der Waals surface area contributed by atoms with Crippen LogP contribution in [0.2, 0.25) is 0 Å². The van der Waals surface area contributed by atoms with Crippen LogP contribution in [0.25, 0.3) is 0 Å². The summed E-state index contributed by atoms with van der Waals surface area (Å²) >= 11 is 0. The van der Waals surface area contributed by atoms with E-state index in [2.05, 4.69) is 0 Å². The number of aliphatic hydroxyl groups excluding tert-OH is 4. The molecule has 0 radical (unpaired) electrons. The molecule has 3 unspecified atom stereocenters. The van der Waals surface area contributed by atoms with Gasteiger partial charge in [-0.2, -0.15) is 0 Å². The Balaban J connectivity index is 3.61. The highest BCUT2D eigenvalue weighted by atomic mass is 16.3. The van der Waals surface area contributed by atoms with Gasteiger partial charge in [0.25, 0.3) is 0 Å². The number of hydrogen-bond donors (Lipinski definition) is 4. The summed E-state index contributed by atoms with van der Waals surface area (Å²) < 4.78 is 0. The van der Waals surface area contributed by atoms with Gasteiger partial charge in [-0.3, -0.25) is 0 Å². The van der Waals surface area contributed by atoms with Crippen molar-refractivity contribution in [2.75, 3.05) is 13.2 Å². The third kappa shape index (κ3) is 5.99. The summed E-state index contributed by atoms with van der Waals surface area (Å²) in [7, 11) is 0. The first kappa shape index (κ1) is 12.8. The van der Waals surface area contributed by atoms with E-state index >= 15 is 0 Å². The number of rotatable bonds is 7. The van der Waals surface area contributed by atoms with E-state index in [1.807, 2.05) is 6.92 Å². The Morgan fingerprint density at radius 3 is 2.15 bits per heavy atom. The molecule has 0 fully saturated rings. The highest BCUT2D eigenvalue weighted by Gasteiger charge is 2.17. The van der Waals surface area contributed by atoms with Crippen molar-refractivity contribution in [2.45, 2.75) is 38.4 Å². The molecule has 80 valence electrons. The van der Waals surface area contributed by atoms with E-state index in [1.165, 1.54) is 0 Å². The minimum Gasteiger partial charge on any atom is -0.396 e. The second-order valence-corrected chi connectivity index (χ2v) is 3.52. The van der Waals surface area contributed by atoms with Crippen LogP contribution in [-0.4, -0.2) is 45.8 Å². The van der Waals surface area contributed by atoms with E-state index in [-0.39, 0.29) is 19.1 Å². The summed E-state index contributed by atoms with van der Waals surface area (Å²) in [4.78, 5) is 0. The summed E-state index contributed by atoms with van der Waals surface area (Å²) in [5, 5.41) is 36.0. The zero-order valence-electron chi connectivity index (χ0n) is 8.06. The first-order chi connectivity index (χ1) is 6.11. The Labute approximate surface area is 78.8 Å². The van der Waals surface area contributed by atoms with E-state index in [0.29, 0.717) is 19.3 Å². The Morgan fingerprint density at radius 2 is 1.69 bits per heavy atom. The van der Waals surface area contributed by atoms with Crippen molar-refractivity contribution in [3.63, 3.8) is 0 Å². The number of hydrogen-bond acceptors (Lipinski definition) is 4. The van der Waals surface area contributed by atoms with Gasteiger partial charge in [0.05, 0.1) is 12.2 Å². The van der Waals surface area contributed by atoms with Crippen molar-refractivity contribution >= 4 is 0 Å². The second-order valence-electron chi connectivity index (χ2n) is 3.52.